The van der Waals surface area contributed by atoms with Gasteiger partial charge >= 0.3 is 6.18 Å². The van der Waals surface area contributed by atoms with Crippen molar-refractivity contribution in [2.24, 2.45) is 0 Å². The molecular weight excluding hydrogens is 455 g/mol. The maximum absolute atomic E-state index is 13.5. The predicted molar refractivity (Wildman–Crippen MR) is 116 cm³/mol. The molecule has 0 saturated carbocycles. The minimum absolute atomic E-state index is 0.00824. The Morgan fingerprint density at radius 1 is 1.09 bits per heavy atom. The van der Waals surface area contributed by atoms with Crippen molar-refractivity contribution < 1.29 is 37.1 Å². The zero-order valence-electron chi connectivity index (χ0n) is 18.7. The van der Waals surface area contributed by atoms with Gasteiger partial charge in [-0.05, 0) is 63.2 Å². The quantitative estimate of drug-likeness (QED) is 0.476. The van der Waals surface area contributed by atoms with Crippen molar-refractivity contribution >= 4 is 5.91 Å². The molecule has 1 atom stereocenters. The molecular formula is C23H24F3N3O5. The number of hydrogen-bond acceptors (Lipinski definition) is 7. The molecule has 0 saturated heterocycles. The second-order valence-corrected chi connectivity index (χ2v) is 7.60. The predicted octanol–water partition coefficient (Wildman–Crippen LogP) is 4.09. The highest BCUT2D eigenvalue weighted by Gasteiger charge is 2.35. The number of carbonyl (C=O) groups excluding carboxylic acids is 1. The Morgan fingerprint density at radius 2 is 1.76 bits per heavy atom. The number of rotatable bonds is 9. The van der Waals surface area contributed by atoms with Gasteiger partial charge in [0.2, 0.25) is 5.82 Å². The average Bonchev–Trinajstić information content (AvgIpc) is 3.27. The first kappa shape index (κ1) is 25.0. The van der Waals surface area contributed by atoms with Gasteiger partial charge in [-0.25, -0.2) is 0 Å². The van der Waals surface area contributed by atoms with E-state index in [0.29, 0.717) is 11.3 Å². The van der Waals surface area contributed by atoms with E-state index in [1.165, 1.54) is 12.1 Å². The van der Waals surface area contributed by atoms with Gasteiger partial charge in [0.05, 0.1) is 18.3 Å². The number of benzene rings is 2. The fourth-order valence-electron chi connectivity index (χ4n) is 2.96. The summed E-state index contributed by atoms with van der Waals surface area (Å²) in [7, 11) is 0. The molecule has 0 aliphatic heterocycles. The van der Waals surface area contributed by atoms with Crippen LogP contribution < -0.4 is 14.8 Å². The van der Waals surface area contributed by atoms with Crippen LogP contribution in [0.4, 0.5) is 13.2 Å². The molecule has 34 heavy (non-hydrogen) atoms. The Labute approximate surface area is 193 Å². The topological polar surface area (TPSA) is 107 Å². The normalized spacial score (nSPS) is 12.5. The number of nitrogens with zero attached hydrogens (tertiary/aromatic N) is 2. The van der Waals surface area contributed by atoms with Crippen LogP contribution in [0.25, 0.3) is 22.8 Å². The van der Waals surface area contributed by atoms with Crippen LogP contribution in [0.1, 0.15) is 26.3 Å². The lowest BCUT2D eigenvalue weighted by atomic mass is 10.1. The molecule has 0 bridgehead atoms. The number of alkyl halides is 3. The van der Waals surface area contributed by atoms with Crippen molar-refractivity contribution in [3.8, 4) is 34.3 Å². The molecule has 3 aromatic rings. The second kappa shape index (κ2) is 10.6. The first-order valence-corrected chi connectivity index (χ1v) is 10.5. The minimum Gasteiger partial charge on any atom is -0.490 e. The van der Waals surface area contributed by atoms with Gasteiger partial charge in [0.1, 0.15) is 11.5 Å². The van der Waals surface area contributed by atoms with Crippen molar-refractivity contribution in [2.75, 3.05) is 13.2 Å². The molecule has 1 amide bonds. The molecule has 0 aliphatic rings. The van der Waals surface area contributed by atoms with Gasteiger partial charge in [-0.15, -0.1) is 0 Å². The Morgan fingerprint density at radius 3 is 2.38 bits per heavy atom. The third-order valence-corrected chi connectivity index (χ3v) is 4.53. The fraction of sp³-hybridized carbons (Fsp3) is 0.348. The highest BCUT2D eigenvalue weighted by atomic mass is 19.4. The van der Waals surface area contributed by atoms with Gasteiger partial charge in [-0.2, -0.15) is 18.2 Å². The van der Waals surface area contributed by atoms with Crippen LogP contribution >= 0.6 is 0 Å². The number of aliphatic hydroxyl groups excluding tert-OH is 1. The van der Waals surface area contributed by atoms with Crippen LogP contribution in [0, 0.1) is 0 Å². The Bertz CT molecular complexity index is 1110. The molecule has 182 valence electrons. The fourth-order valence-corrected chi connectivity index (χ4v) is 2.96. The number of halogens is 3. The molecule has 0 aliphatic carbocycles. The largest absolute Gasteiger partial charge is 0.490 e. The van der Waals surface area contributed by atoms with Gasteiger partial charge in [0.25, 0.3) is 11.8 Å². The summed E-state index contributed by atoms with van der Waals surface area (Å²) in [6.07, 6.45) is -5.82. The Kier molecular flexibility index (Phi) is 7.77. The number of ether oxygens (including phenoxy) is 2. The van der Waals surface area contributed by atoms with Gasteiger partial charge in [-0.1, -0.05) is 5.16 Å². The van der Waals surface area contributed by atoms with Crippen LogP contribution in [-0.4, -0.2) is 46.5 Å². The summed E-state index contributed by atoms with van der Waals surface area (Å²) < 4.78 is 56.6. The van der Waals surface area contributed by atoms with Gasteiger partial charge in [-0.3, -0.25) is 4.79 Å². The Balaban J connectivity index is 1.77. The third kappa shape index (κ3) is 6.25. The van der Waals surface area contributed by atoms with Crippen molar-refractivity contribution in [3.05, 3.63) is 48.0 Å². The summed E-state index contributed by atoms with van der Waals surface area (Å²) in [4.78, 5) is 16.0. The van der Waals surface area contributed by atoms with Crippen LogP contribution in [0.15, 0.2) is 47.0 Å². The van der Waals surface area contributed by atoms with Crippen molar-refractivity contribution in [2.45, 2.75) is 39.2 Å². The lowest BCUT2D eigenvalue weighted by molar-refractivity contribution is -0.139. The summed E-state index contributed by atoms with van der Waals surface area (Å²) in [5.41, 5.74) is -0.288. The second-order valence-electron chi connectivity index (χ2n) is 7.60. The number of carbonyl (C=O) groups is 1. The summed E-state index contributed by atoms with van der Waals surface area (Å²) in [6.45, 7) is 4.80. The lowest BCUT2D eigenvalue weighted by Gasteiger charge is -2.16. The summed E-state index contributed by atoms with van der Waals surface area (Å²) in [6, 6.07) is 10.0. The number of amides is 1. The van der Waals surface area contributed by atoms with Gasteiger partial charge in [0.15, 0.2) is 6.10 Å². The molecule has 3 rings (SSSR count). The van der Waals surface area contributed by atoms with Crippen LogP contribution in [0.2, 0.25) is 0 Å². The molecule has 2 aromatic carbocycles. The summed E-state index contributed by atoms with van der Waals surface area (Å²) in [5.74, 6) is -0.143. The average molecular weight is 479 g/mol. The molecule has 0 spiro atoms. The van der Waals surface area contributed by atoms with E-state index >= 15 is 0 Å². The van der Waals surface area contributed by atoms with E-state index in [-0.39, 0.29) is 42.1 Å². The monoisotopic (exact) mass is 479 g/mol. The van der Waals surface area contributed by atoms with Crippen molar-refractivity contribution in [3.63, 3.8) is 0 Å². The van der Waals surface area contributed by atoms with Crippen molar-refractivity contribution in [1.82, 2.24) is 15.5 Å². The van der Waals surface area contributed by atoms with Crippen LogP contribution in [0.3, 0.4) is 0 Å². The van der Waals surface area contributed by atoms with E-state index in [4.69, 9.17) is 19.1 Å². The van der Waals surface area contributed by atoms with E-state index in [0.717, 1.165) is 6.07 Å². The maximum atomic E-state index is 13.5. The molecule has 0 fully saturated rings. The van der Waals surface area contributed by atoms with Gasteiger partial charge < -0.3 is 24.4 Å². The zero-order chi connectivity index (χ0) is 24.9. The van der Waals surface area contributed by atoms with Crippen LogP contribution in [-0.2, 0) is 11.0 Å². The first-order valence-electron chi connectivity index (χ1n) is 10.5. The molecule has 1 aromatic heterocycles. The Hall–Kier alpha value is -3.60. The van der Waals surface area contributed by atoms with E-state index in [2.05, 4.69) is 15.5 Å². The van der Waals surface area contributed by atoms with E-state index < -0.39 is 23.9 Å². The highest BCUT2D eigenvalue weighted by molar-refractivity contribution is 5.80. The minimum atomic E-state index is -4.62. The number of nitrogens with one attached hydrogen (secondary N) is 1. The smallest absolute Gasteiger partial charge is 0.419 e. The molecule has 0 radical (unpaired) electrons. The number of aromatic nitrogens is 2. The third-order valence-electron chi connectivity index (χ3n) is 4.53. The molecule has 1 heterocycles. The van der Waals surface area contributed by atoms with Crippen molar-refractivity contribution in [1.29, 1.82) is 0 Å². The standard InChI is InChI=1S/C23H24F3N3O5/c1-13(2)32-19-9-6-16(12-18(19)23(24,25)26)20-28-22(34-29-20)15-4-7-17(8-5-15)33-14(3)21(31)27-10-11-30/h4-9,12-14,30H,10-11H2,1-3H3,(H,27,31). The summed E-state index contributed by atoms with van der Waals surface area (Å²) >= 11 is 0. The van der Waals surface area contributed by atoms with Gasteiger partial charge in [0, 0.05) is 17.7 Å². The molecule has 8 nitrogen and oxygen atoms in total. The maximum Gasteiger partial charge on any atom is 0.419 e. The SMILES string of the molecule is CC(C)Oc1ccc(-c2noc(-c3ccc(OC(C)C(=O)NCCO)cc3)n2)cc1C(F)(F)F. The number of aliphatic hydroxyl groups is 1. The van der Waals surface area contributed by atoms with Crippen LogP contribution in [0.5, 0.6) is 11.5 Å². The number of hydrogen-bond donors (Lipinski definition) is 2. The molecule has 2 N–H and O–H groups in total. The first-order chi connectivity index (χ1) is 16.1. The van der Waals surface area contributed by atoms with E-state index in [1.54, 1.807) is 45.0 Å². The molecule has 1 unspecified atom stereocenters. The lowest BCUT2D eigenvalue weighted by Crippen LogP contribution is -2.37. The zero-order valence-corrected chi connectivity index (χ0v) is 18.7. The van der Waals surface area contributed by atoms with E-state index in [1.807, 2.05) is 0 Å². The molecule has 11 heteroatoms. The van der Waals surface area contributed by atoms with E-state index in [9.17, 15) is 18.0 Å². The highest BCUT2D eigenvalue weighted by Crippen LogP contribution is 2.39. The summed E-state index contributed by atoms with van der Waals surface area (Å²) in [5, 5.41) is 15.1.